The minimum Gasteiger partial charge on any atom is -0.467 e. The van der Waals surface area contributed by atoms with Gasteiger partial charge in [-0.05, 0) is 6.07 Å². The first kappa shape index (κ1) is 12.0. The summed E-state index contributed by atoms with van der Waals surface area (Å²) in [6, 6.07) is 6.42. The van der Waals surface area contributed by atoms with Gasteiger partial charge in [-0.2, -0.15) is 0 Å². The van der Waals surface area contributed by atoms with E-state index >= 15 is 0 Å². The first-order valence-corrected chi connectivity index (χ1v) is 4.64. The molecular weight excluding hydrogens is 220 g/mol. The van der Waals surface area contributed by atoms with Crippen LogP contribution in [0.2, 0.25) is 5.02 Å². The molecule has 1 aromatic rings. The Kier molecular flexibility index (Phi) is 4.08. The molecule has 0 aliphatic carbocycles. The lowest BCUT2D eigenvalue weighted by Gasteiger charge is -2.16. The topological polar surface area (TPSA) is 66.8 Å². The summed E-state index contributed by atoms with van der Waals surface area (Å²) in [6.07, 6.45) is -3.01. The molecule has 2 N–H and O–H groups in total. The van der Waals surface area contributed by atoms with Crippen LogP contribution in [0.15, 0.2) is 24.3 Å². The summed E-state index contributed by atoms with van der Waals surface area (Å²) in [5, 5.41) is 19.3. The minimum absolute atomic E-state index is 0.285. The molecule has 0 heterocycles. The van der Waals surface area contributed by atoms with Crippen molar-refractivity contribution in [3.8, 4) is 0 Å². The van der Waals surface area contributed by atoms with Crippen LogP contribution in [0.25, 0.3) is 0 Å². The van der Waals surface area contributed by atoms with Gasteiger partial charge in [0.25, 0.3) is 0 Å². The number of aliphatic hydroxyl groups excluding tert-OH is 2. The Balaban J connectivity index is 2.89. The lowest BCUT2D eigenvalue weighted by molar-refractivity contribution is -0.156. The molecule has 82 valence electrons. The molecule has 15 heavy (non-hydrogen) atoms. The van der Waals surface area contributed by atoms with E-state index in [9.17, 15) is 15.0 Å². The van der Waals surface area contributed by atoms with E-state index < -0.39 is 18.2 Å². The largest absolute Gasteiger partial charge is 0.467 e. The molecule has 0 radical (unpaired) electrons. The summed E-state index contributed by atoms with van der Waals surface area (Å²) >= 11 is 5.79. The van der Waals surface area contributed by atoms with E-state index in [1.54, 1.807) is 18.2 Å². The number of benzene rings is 1. The summed E-state index contributed by atoms with van der Waals surface area (Å²) in [4.78, 5) is 11.0. The maximum atomic E-state index is 11.0. The van der Waals surface area contributed by atoms with Crippen molar-refractivity contribution in [1.29, 1.82) is 0 Å². The van der Waals surface area contributed by atoms with Gasteiger partial charge in [-0.3, -0.25) is 0 Å². The van der Waals surface area contributed by atoms with Crippen LogP contribution in [0.5, 0.6) is 0 Å². The van der Waals surface area contributed by atoms with Gasteiger partial charge in [0, 0.05) is 10.6 Å². The Labute approximate surface area is 92.1 Å². The lowest BCUT2D eigenvalue weighted by Crippen LogP contribution is -2.29. The van der Waals surface area contributed by atoms with Gasteiger partial charge in [-0.25, -0.2) is 4.79 Å². The lowest BCUT2D eigenvalue weighted by atomic mass is 10.0. The predicted octanol–water partition coefficient (Wildman–Crippen LogP) is 0.907. The van der Waals surface area contributed by atoms with Gasteiger partial charge in [-0.1, -0.05) is 29.8 Å². The molecule has 0 saturated carbocycles. The number of aliphatic hydroxyl groups is 2. The van der Waals surface area contributed by atoms with Crippen LogP contribution < -0.4 is 0 Å². The molecule has 0 bridgehead atoms. The van der Waals surface area contributed by atoms with Crippen molar-refractivity contribution >= 4 is 17.6 Å². The second-order valence-corrected chi connectivity index (χ2v) is 3.34. The molecule has 0 spiro atoms. The van der Waals surface area contributed by atoms with Crippen LogP contribution in [-0.4, -0.2) is 29.4 Å². The van der Waals surface area contributed by atoms with E-state index in [4.69, 9.17) is 11.6 Å². The van der Waals surface area contributed by atoms with E-state index in [0.29, 0.717) is 0 Å². The van der Waals surface area contributed by atoms with E-state index in [2.05, 4.69) is 4.74 Å². The average molecular weight is 231 g/mol. The van der Waals surface area contributed by atoms with Gasteiger partial charge < -0.3 is 14.9 Å². The normalized spacial score (nSPS) is 14.4. The number of methoxy groups -OCH3 is 1. The fourth-order valence-corrected chi connectivity index (χ4v) is 1.38. The Morgan fingerprint density at radius 2 is 2.00 bits per heavy atom. The molecule has 5 heteroatoms. The zero-order valence-electron chi connectivity index (χ0n) is 8.05. The summed E-state index contributed by atoms with van der Waals surface area (Å²) in [6.45, 7) is 0. The van der Waals surface area contributed by atoms with Gasteiger partial charge >= 0.3 is 5.97 Å². The quantitative estimate of drug-likeness (QED) is 0.758. The highest BCUT2D eigenvalue weighted by atomic mass is 35.5. The Bertz CT molecular complexity index is 353. The molecule has 4 nitrogen and oxygen atoms in total. The number of hydrogen-bond donors (Lipinski definition) is 2. The zero-order chi connectivity index (χ0) is 11.4. The first-order valence-electron chi connectivity index (χ1n) is 4.26. The third kappa shape index (κ3) is 2.68. The second-order valence-electron chi connectivity index (χ2n) is 2.93. The molecule has 0 saturated heterocycles. The summed E-state index contributed by atoms with van der Waals surface area (Å²) in [7, 11) is 1.13. The Hall–Kier alpha value is -1.10. The zero-order valence-corrected chi connectivity index (χ0v) is 8.81. The minimum atomic E-state index is -1.63. The van der Waals surface area contributed by atoms with Crippen molar-refractivity contribution in [3.05, 3.63) is 34.9 Å². The van der Waals surface area contributed by atoms with Crippen LogP contribution in [-0.2, 0) is 9.53 Å². The van der Waals surface area contributed by atoms with Gasteiger partial charge in [-0.15, -0.1) is 0 Å². The molecule has 0 amide bonds. The average Bonchev–Trinajstić information content (AvgIpc) is 2.26. The Morgan fingerprint density at radius 1 is 1.40 bits per heavy atom. The monoisotopic (exact) mass is 230 g/mol. The van der Waals surface area contributed by atoms with E-state index in [1.165, 1.54) is 6.07 Å². The third-order valence-electron chi connectivity index (χ3n) is 1.97. The molecule has 1 rings (SSSR count). The maximum Gasteiger partial charge on any atom is 0.337 e. The molecule has 0 aliphatic rings. The van der Waals surface area contributed by atoms with E-state index in [-0.39, 0.29) is 10.6 Å². The highest BCUT2D eigenvalue weighted by Gasteiger charge is 2.27. The van der Waals surface area contributed by atoms with Crippen LogP contribution in [0, 0.1) is 0 Å². The van der Waals surface area contributed by atoms with Crippen LogP contribution in [0.3, 0.4) is 0 Å². The summed E-state index contributed by atoms with van der Waals surface area (Å²) in [5.41, 5.74) is 0.289. The van der Waals surface area contributed by atoms with Crippen LogP contribution in [0.4, 0.5) is 0 Å². The summed E-state index contributed by atoms with van der Waals surface area (Å²) < 4.78 is 4.30. The molecule has 0 aromatic heterocycles. The number of ether oxygens (including phenoxy) is 1. The fourth-order valence-electron chi connectivity index (χ4n) is 1.13. The van der Waals surface area contributed by atoms with Crippen molar-refractivity contribution in [3.63, 3.8) is 0 Å². The number of esters is 1. The first-order chi connectivity index (χ1) is 7.07. The molecule has 1 aromatic carbocycles. The molecule has 1 unspecified atom stereocenters. The molecule has 2 atom stereocenters. The third-order valence-corrected chi connectivity index (χ3v) is 2.31. The summed E-state index contributed by atoms with van der Waals surface area (Å²) in [5.74, 6) is -0.901. The fraction of sp³-hybridized carbons (Fsp3) is 0.300. The molecular formula is C10H11ClO4. The number of halogens is 1. The standard InChI is InChI=1S/C10H11ClO4/c1-15-10(14)9(13)8(12)6-4-2-3-5-7(6)11/h2-5,8-9,12-13H,1H3/t8?,9-/m1/s1. The smallest absolute Gasteiger partial charge is 0.337 e. The predicted molar refractivity (Wildman–Crippen MR) is 54.4 cm³/mol. The van der Waals surface area contributed by atoms with Crippen molar-refractivity contribution in [2.24, 2.45) is 0 Å². The Morgan fingerprint density at radius 3 is 2.53 bits per heavy atom. The van der Waals surface area contributed by atoms with Crippen LogP contribution in [0.1, 0.15) is 11.7 Å². The van der Waals surface area contributed by atoms with Crippen molar-refractivity contribution < 1.29 is 19.7 Å². The van der Waals surface area contributed by atoms with E-state index in [0.717, 1.165) is 7.11 Å². The highest BCUT2D eigenvalue weighted by Crippen LogP contribution is 2.25. The number of rotatable bonds is 3. The highest BCUT2D eigenvalue weighted by molar-refractivity contribution is 6.31. The number of hydrogen-bond acceptors (Lipinski definition) is 4. The molecule has 0 fully saturated rings. The van der Waals surface area contributed by atoms with Crippen molar-refractivity contribution in [1.82, 2.24) is 0 Å². The van der Waals surface area contributed by atoms with Gasteiger partial charge in [0.05, 0.1) is 7.11 Å². The SMILES string of the molecule is COC(=O)[C@H](O)C(O)c1ccccc1Cl. The maximum absolute atomic E-state index is 11.0. The van der Waals surface area contributed by atoms with Crippen molar-refractivity contribution in [2.75, 3.05) is 7.11 Å². The van der Waals surface area contributed by atoms with Crippen LogP contribution >= 0.6 is 11.6 Å². The van der Waals surface area contributed by atoms with Gasteiger partial charge in [0.1, 0.15) is 6.10 Å². The van der Waals surface area contributed by atoms with Crippen molar-refractivity contribution in [2.45, 2.75) is 12.2 Å². The van der Waals surface area contributed by atoms with Gasteiger partial charge in [0.2, 0.25) is 0 Å². The van der Waals surface area contributed by atoms with E-state index in [1.807, 2.05) is 0 Å². The number of carbonyl (C=O) groups is 1. The second kappa shape index (κ2) is 5.11. The number of carbonyl (C=O) groups excluding carboxylic acids is 1. The molecule has 0 aliphatic heterocycles. The van der Waals surface area contributed by atoms with Gasteiger partial charge in [0.15, 0.2) is 6.10 Å².